The highest BCUT2D eigenvalue weighted by Crippen LogP contribution is 2.47. The van der Waals surface area contributed by atoms with Crippen LogP contribution in [0.3, 0.4) is 0 Å². The second-order valence-corrected chi connectivity index (χ2v) is 9.36. The van der Waals surface area contributed by atoms with Crippen molar-refractivity contribution >= 4 is 75.8 Å². The Labute approximate surface area is 187 Å². The molecule has 0 unspecified atom stereocenters. The molecule has 31 heavy (non-hydrogen) atoms. The highest BCUT2D eigenvalue weighted by molar-refractivity contribution is 7.26. The van der Waals surface area contributed by atoms with Crippen LogP contribution in [-0.2, 0) is 0 Å². The lowest BCUT2D eigenvalue weighted by molar-refractivity contribution is 0.669. The summed E-state index contributed by atoms with van der Waals surface area (Å²) in [5.74, 6) is 0. The molecule has 0 aliphatic rings. The van der Waals surface area contributed by atoms with E-state index in [0.29, 0.717) is 0 Å². The van der Waals surface area contributed by atoms with Gasteiger partial charge in [-0.3, -0.25) is 0 Å². The van der Waals surface area contributed by atoms with Crippen LogP contribution in [0.15, 0.2) is 95.4 Å². The summed E-state index contributed by atoms with van der Waals surface area (Å²) >= 11 is 8.28. The molecule has 7 rings (SSSR count). The van der Waals surface area contributed by atoms with Gasteiger partial charge >= 0.3 is 0 Å². The molecular formula is C28H15ClOS. The summed E-state index contributed by atoms with van der Waals surface area (Å²) in [6, 6.07) is 31.8. The third-order valence-corrected chi connectivity index (χ3v) is 7.56. The van der Waals surface area contributed by atoms with Crippen molar-refractivity contribution < 1.29 is 4.42 Å². The number of fused-ring (bicyclic) bond motifs is 8. The number of rotatable bonds is 1. The Balaban J connectivity index is 1.74. The summed E-state index contributed by atoms with van der Waals surface area (Å²) in [4.78, 5) is 0. The van der Waals surface area contributed by atoms with Crippen molar-refractivity contribution in [1.82, 2.24) is 0 Å². The lowest BCUT2D eigenvalue weighted by atomic mass is 9.93. The first-order valence-corrected chi connectivity index (χ1v) is 11.4. The van der Waals surface area contributed by atoms with Crippen molar-refractivity contribution in [3.63, 3.8) is 0 Å². The number of halogens is 1. The van der Waals surface area contributed by atoms with Gasteiger partial charge in [-0.05, 0) is 58.3 Å². The van der Waals surface area contributed by atoms with E-state index >= 15 is 0 Å². The zero-order valence-corrected chi connectivity index (χ0v) is 17.9. The third kappa shape index (κ3) is 2.43. The summed E-state index contributed by atoms with van der Waals surface area (Å²) in [6.45, 7) is 0. The predicted molar refractivity (Wildman–Crippen MR) is 135 cm³/mol. The SMILES string of the molecule is Clc1ccc2sc3c4ccccc4cc(-c4cccc5oc6ccccc6c45)c3c2c1. The summed E-state index contributed by atoms with van der Waals surface area (Å²) in [7, 11) is 0. The Morgan fingerprint density at radius 1 is 0.613 bits per heavy atom. The van der Waals surface area contributed by atoms with Crippen LogP contribution in [-0.4, -0.2) is 0 Å². The fraction of sp³-hybridized carbons (Fsp3) is 0. The van der Waals surface area contributed by atoms with Crippen LogP contribution in [0.5, 0.6) is 0 Å². The Bertz CT molecular complexity index is 1810. The maximum atomic E-state index is 6.44. The van der Waals surface area contributed by atoms with E-state index in [4.69, 9.17) is 16.0 Å². The molecule has 0 N–H and O–H groups in total. The second kappa shape index (κ2) is 6.34. The zero-order chi connectivity index (χ0) is 20.5. The zero-order valence-electron chi connectivity index (χ0n) is 16.4. The molecular weight excluding hydrogens is 420 g/mol. The molecule has 0 aliphatic heterocycles. The maximum absolute atomic E-state index is 6.44. The number of thiophene rings is 1. The number of furan rings is 1. The van der Waals surface area contributed by atoms with E-state index < -0.39 is 0 Å². The molecule has 1 nitrogen and oxygen atoms in total. The van der Waals surface area contributed by atoms with Gasteiger partial charge in [-0.25, -0.2) is 0 Å². The Morgan fingerprint density at radius 3 is 2.35 bits per heavy atom. The van der Waals surface area contributed by atoms with Crippen LogP contribution >= 0.6 is 22.9 Å². The highest BCUT2D eigenvalue weighted by atomic mass is 35.5. The molecule has 0 aliphatic carbocycles. The van der Waals surface area contributed by atoms with Gasteiger partial charge in [-0.1, -0.05) is 66.2 Å². The van der Waals surface area contributed by atoms with Crippen molar-refractivity contribution in [3.8, 4) is 11.1 Å². The lowest BCUT2D eigenvalue weighted by Crippen LogP contribution is -1.84. The van der Waals surface area contributed by atoms with E-state index in [2.05, 4.69) is 72.8 Å². The Morgan fingerprint density at radius 2 is 1.42 bits per heavy atom. The van der Waals surface area contributed by atoms with Crippen molar-refractivity contribution in [1.29, 1.82) is 0 Å². The van der Waals surface area contributed by atoms with Crippen LogP contribution in [0.25, 0.3) is 64.0 Å². The quantitative estimate of drug-likeness (QED) is 0.251. The van der Waals surface area contributed by atoms with E-state index in [9.17, 15) is 0 Å². The predicted octanol–water partition coefficient (Wildman–Crippen LogP) is 9.43. The van der Waals surface area contributed by atoms with Gasteiger partial charge in [0.25, 0.3) is 0 Å². The van der Waals surface area contributed by atoms with E-state index in [1.54, 1.807) is 0 Å². The Kier molecular flexibility index (Phi) is 3.55. The molecule has 2 aromatic heterocycles. The lowest BCUT2D eigenvalue weighted by Gasteiger charge is -2.10. The molecule has 0 radical (unpaired) electrons. The van der Waals surface area contributed by atoms with Crippen molar-refractivity contribution in [2.24, 2.45) is 0 Å². The smallest absolute Gasteiger partial charge is 0.136 e. The summed E-state index contributed by atoms with van der Waals surface area (Å²) < 4.78 is 8.74. The molecule has 0 fully saturated rings. The fourth-order valence-electron chi connectivity index (χ4n) is 4.80. The monoisotopic (exact) mass is 434 g/mol. The number of hydrogen-bond acceptors (Lipinski definition) is 2. The van der Waals surface area contributed by atoms with Crippen molar-refractivity contribution in [3.05, 3.63) is 96.0 Å². The Hall–Kier alpha value is -3.33. The van der Waals surface area contributed by atoms with Crippen LogP contribution in [0, 0.1) is 0 Å². The average Bonchev–Trinajstić information content (AvgIpc) is 3.37. The first-order valence-electron chi connectivity index (χ1n) is 10.2. The minimum atomic E-state index is 0.762. The molecule has 3 heteroatoms. The van der Waals surface area contributed by atoms with Crippen molar-refractivity contribution in [2.75, 3.05) is 0 Å². The topological polar surface area (TPSA) is 13.1 Å². The second-order valence-electron chi connectivity index (χ2n) is 7.87. The van der Waals surface area contributed by atoms with Crippen LogP contribution in [0.1, 0.15) is 0 Å². The molecule has 0 saturated heterocycles. The maximum Gasteiger partial charge on any atom is 0.136 e. The number of hydrogen-bond donors (Lipinski definition) is 0. The molecule has 0 spiro atoms. The first kappa shape index (κ1) is 17.4. The van der Waals surface area contributed by atoms with Gasteiger partial charge in [0, 0.05) is 36.0 Å². The summed E-state index contributed by atoms with van der Waals surface area (Å²) in [6.07, 6.45) is 0. The minimum Gasteiger partial charge on any atom is -0.456 e. The molecule has 5 aromatic carbocycles. The molecule has 2 heterocycles. The highest BCUT2D eigenvalue weighted by Gasteiger charge is 2.18. The standard InChI is InChI=1S/C28H15ClOS/c29-17-12-13-25-22(15-17)27-21(14-16-6-1-2-7-18(16)28(27)31-25)19-9-5-11-24-26(19)20-8-3-4-10-23(20)30-24/h1-15H. The molecule has 0 amide bonds. The molecule has 146 valence electrons. The van der Waals surface area contributed by atoms with Gasteiger partial charge in [-0.2, -0.15) is 0 Å². The number of para-hydroxylation sites is 1. The number of benzene rings is 5. The molecule has 0 saturated carbocycles. The van der Waals surface area contributed by atoms with Crippen molar-refractivity contribution in [2.45, 2.75) is 0 Å². The summed E-state index contributed by atoms with van der Waals surface area (Å²) in [5, 5.41) is 8.06. The van der Waals surface area contributed by atoms with Gasteiger partial charge in [0.05, 0.1) is 0 Å². The normalized spacial score (nSPS) is 12.0. The molecule has 7 aromatic rings. The van der Waals surface area contributed by atoms with E-state index in [1.807, 2.05) is 29.5 Å². The molecule has 0 atom stereocenters. The van der Waals surface area contributed by atoms with E-state index in [1.165, 1.54) is 42.1 Å². The van der Waals surface area contributed by atoms with E-state index in [-0.39, 0.29) is 0 Å². The summed E-state index contributed by atoms with van der Waals surface area (Å²) in [5.41, 5.74) is 4.25. The minimum absolute atomic E-state index is 0.762. The van der Waals surface area contributed by atoms with Crippen LogP contribution < -0.4 is 0 Å². The molecule has 0 bridgehead atoms. The van der Waals surface area contributed by atoms with Gasteiger partial charge < -0.3 is 4.42 Å². The van der Waals surface area contributed by atoms with E-state index in [0.717, 1.165) is 27.0 Å². The van der Waals surface area contributed by atoms with Gasteiger partial charge in [-0.15, -0.1) is 11.3 Å². The first-order chi connectivity index (χ1) is 15.3. The van der Waals surface area contributed by atoms with Crippen LogP contribution in [0.4, 0.5) is 0 Å². The van der Waals surface area contributed by atoms with Gasteiger partial charge in [0.15, 0.2) is 0 Å². The van der Waals surface area contributed by atoms with Gasteiger partial charge in [0.2, 0.25) is 0 Å². The average molecular weight is 435 g/mol. The van der Waals surface area contributed by atoms with Crippen LogP contribution in [0.2, 0.25) is 5.02 Å². The third-order valence-electron chi connectivity index (χ3n) is 6.12. The fourth-order valence-corrected chi connectivity index (χ4v) is 6.21. The largest absolute Gasteiger partial charge is 0.456 e. The van der Waals surface area contributed by atoms with Gasteiger partial charge in [0.1, 0.15) is 11.2 Å².